The number of hydrogen-bond donors (Lipinski definition) is 1. The maximum atomic E-state index is 10.6. The molecular weight excluding hydrogens is 144 g/mol. The zero-order chi connectivity index (χ0) is 6.91. The van der Waals surface area contributed by atoms with Crippen LogP contribution in [0.4, 0.5) is 0 Å². The Bertz CT molecular complexity index is 205. The van der Waals surface area contributed by atoms with Crippen LogP contribution in [0.2, 0.25) is 0 Å². The molecule has 5 nitrogen and oxygen atoms in total. The van der Waals surface area contributed by atoms with Crippen LogP contribution in [0.25, 0.3) is 0 Å². The highest BCUT2D eigenvalue weighted by atomic mass is 32.2. The summed E-state index contributed by atoms with van der Waals surface area (Å²) >= 11 is 0. The summed E-state index contributed by atoms with van der Waals surface area (Å²) in [5.41, 5.74) is 0. The molecule has 0 unspecified atom stereocenters. The first kappa shape index (κ1) is 6.47. The predicted octanol–water partition coefficient (Wildman–Crippen LogP) is -0.250. The summed E-state index contributed by atoms with van der Waals surface area (Å²) in [7, 11) is -3.37. The smallest absolute Gasteiger partial charge is 0.205 e. The molecule has 1 rings (SSSR count). The molecule has 52 valence electrons. The van der Waals surface area contributed by atoms with E-state index in [2.05, 4.69) is 5.29 Å². The summed E-state index contributed by atoms with van der Waals surface area (Å²) in [6, 6.07) is 0. The van der Waals surface area contributed by atoms with Gasteiger partial charge in [-0.15, -0.1) is 4.91 Å². The van der Waals surface area contributed by atoms with Crippen LogP contribution in [-0.4, -0.2) is 13.7 Å². The number of hydrogen-bond acceptors (Lipinski definition) is 4. The van der Waals surface area contributed by atoms with Crippen molar-refractivity contribution >= 4 is 10.0 Å². The molecule has 1 aliphatic carbocycles. The van der Waals surface area contributed by atoms with Crippen molar-refractivity contribution in [3.8, 4) is 0 Å². The molecule has 0 aromatic heterocycles. The molecule has 9 heavy (non-hydrogen) atoms. The van der Waals surface area contributed by atoms with E-state index in [-0.39, 0.29) is 5.25 Å². The second kappa shape index (κ2) is 1.94. The molecule has 1 aliphatic rings. The highest BCUT2D eigenvalue weighted by molar-refractivity contribution is 7.90. The van der Waals surface area contributed by atoms with Crippen LogP contribution >= 0.6 is 0 Å². The summed E-state index contributed by atoms with van der Waals surface area (Å²) in [4.78, 5) is 10.9. The van der Waals surface area contributed by atoms with Gasteiger partial charge in [-0.1, -0.05) is 0 Å². The van der Waals surface area contributed by atoms with Crippen molar-refractivity contribution in [2.75, 3.05) is 0 Å². The van der Waals surface area contributed by atoms with E-state index in [9.17, 15) is 13.3 Å². The second-order valence-corrected chi connectivity index (χ2v) is 3.87. The fraction of sp³-hybridized carbons (Fsp3) is 1.00. The van der Waals surface area contributed by atoms with Crippen LogP contribution in [0.1, 0.15) is 12.8 Å². The van der Waals surface area contributed by atoms with E-state index in [1.165, 1.54) is 4.83 Å². The quantitative estimate of drug-likeness (QED) is 0.445. The minimum Gasteiger partial charge on any atom is -0.205 e. The molecule has 0 bridgehead atoms. The molecule has 0 amide bonds. The maximum absolute atomic E-state index is 10.6. The molecule has 0 saturated heterocycles. The van der Waals surface area contributed by atoms with Gasteiger partial charge in [-0.3, -0.25) is 0 Å². The third kappa shape index (κ3) is 1.38. The van der Waals surface area contributed by atoms with E-state index in [1.54, 1.807) is 0 Å². The SMILES string of the molecule is O=NNS(=O)(=O)C1CC1. The Balaban J connectivity index is 2.60. The summed E-state index contributed by atoms with van der Waals surface area (Å²) in [6.07, 6.45) is 1.29. The second-order valence-electron chi connectivity index (χ2n) is 1.93. The lowest BCUT2D eigenvalue weighted by Crippen LogP contribution is -2.21. The van der Waals surface area contributed by atoms with Crippen LogP contribution in [-0.2, 0) is 10.0 Å². The first-order chi connectivity index (χ1) is 4.17. The van der Waals surface area contributed by atoms with Crippen molar-refractivity contribution in [3.05, 3.63) is 4.91 Å². The minimum atomic E-state index is -3.37. The summed E-state index contributed by atoms with van der Waals surface area (Å²) in [5.74, 6) is 0. The van der Waals surface area contributed by atoms with Crippen LogP contribution < -0.4 is 4.83 Å². The van der Waals surface area contributed by atoms with E-state index in [4.69, 9.17) is 0 Å². The lowest BCUT2D eigenvalue weighted by Gasteiger charge is -1.93. The molecule has 0 spiro atoms. The number of nitrogens with one attached hydrogen (secondary N) is 1. The predicted molar refractivity (Wildman–Crippen MR) is 30.9 cm³/mol. The molecule has 1 fully saturated rings. The maximum Gasteiger partial charge on any atom is 0.252 e. The lowest BCUT2D eigenvalue weighted by atomic mass is 11.0. The van der Waals surface area contributed by atoms with Gasteiger partial charge < -0.3 is 0 Å². The molecular formula is C3H6N2O3S. The molecule has 0 radical (unpaired) electrons. The molecule has 0 aromatic carbocycles. The van der Waals surface area contributed by atoms with Crippen LogP contribution in [0.5, 0.6) is 0 Å². The fourth-order valence-electron chi connectivity index (χ4n) is 0.505. The third-order valence-electron chi connectivity index (χ3n) is 1.13. The monoisotopic (exact) mass is 150 g/mol. The van der Waals surface area contributed by atoms with Gasteiger partial charge in [-0.2, -0.15) is 4.83 Å². The summed E-state index contributed by atoms with van der Waals surface area (Å²) in [6.45, 7) is 0. The summed E-state index contributed by atoms with van der Waals surface area (Å²) < 4.78 is 21.2. The van der Waals surface area contributed by atoms with Crippen molar-refractivity contribution in [3.63, 3.8) is 0 Å². The molecule has 6 heteroatoms. The van der Waals surface area contributed by atoms with E-state index < -0.39 is 10.0 Å². The first-order valence-electron chi connectivity index (χ1n) is 2.50. The molecule has 1 saturated carbocycles. The van der Waals surface area contributed by atoms with Crippen molar-refractivity contribution in [1.29, 1.82) is 0 Å². The van der Waals surface area contributed by atoms with E-state index >= 15 is 0 Å². The Morgan fingerprint density at radius 1 is 1.44 bits per heavy atom. The molecule has 1 N–H and O–H groups in total. The zero-order valence-corrected chi connectivity index (χ0v) is 5.39. The summed E-state index contributed by atoms with van der Waals surface area (Å²) in [5, 5.41) is 1.72. The Morgan fingerprint density at radius 2 is 2.00 bits per heavy atom. The van der Waals surface area contributed by atoms with Crippen molar-refractivity contribution in [2.45, 2.75) is 18.1 Å². The van der Waals surface area contributed by atoms with Gasteiger partial charge in [0, 0.05) is 0 Å². The molecule has 0 heterocycles. The zero-order valence-electron chi connectivity index (χ0n) is 4.57. The molecule has 0 aromatic rings. The number of sulfonamides is 1. The highest BCUT2D eigenvalue weighted by Crippen LogP contribution is 2.27. The third-order valence-corrected chi connectivity index (χ3v) is 2.81. The van der Waals surface area contributed by atoms with Crippen LogP contribution in [0.15, 0.2) is 5.29 Å². The molecule has 0 atom stereocenters. The minimum absolute atomic E-state index is 0.366. The number of rotatable bonds is 3. The Morgan fingerprint density at radius 3 is 2.33 bits per heavy atom. The van der Waals surface area contributed by atoms with Gasteiger partial charge in [0.1, 0.15) is 0 Å². The highest BCUT2D eigenvalue weighted by Gasteiger charge is 2.35. The van der Waals surface area contributed by atoms with Gasteiger partial charge >= 0.3 is 0 Å². The van der Waals surface area contributed by atoms with Gasteiger partial charge in [-0.05, 0) is 12.8 Å². The Kier molecular flexibility index (Phi) is 1.40. The average molecular weight is 150 g/mol. The largest absolute Gasteiger partial charge is 0.252 e. The fourth-order valence-corrected chi connectivity index (χ4v) is 1.51. The number of nitrogens with zero attached hydrogens (tertiary/aromatic N) is 1. The van der Waals surface area contributed by atoms with Crippen molar-refractivity contribution < 1.29 is 8.42 Å². The Labute approximate surface area is 52.4 Å². The molecule has 0 aliphatic heterocycles. The van der Waals surface area contributed by atoms with Gasteiger partial charge in [0.05, 0.1) is 10.5 Å². The lowest BCUT2D eigenvalue weighted by molar-refractivity contribution is 0.582. The van der Waals surface area contributed by atoms with Gasteiger partial charge in [0.2, 0.25) is 0 Å². The standard InChI is InChI=1S/C3H6N2O3S/c6-4-5-9(7,8)3-1-2-3/h3H,1-2H2,(H,5,6). The topological polar surface area (TPSA) is 75.6 Å². The van der Waals surface area contributed by atoms with Gasteiger partial charge in [0.25, 0.3) is 10.0 Å². The van der Waals surface area contributed by atoms with Crippen molar-refractivity contribution in [2.24, 2.45) is 5.29 Å². The Hall–Kier alpha value is -0.650. The van der Waals surface area contributed by atoms with Crippen LogP contribution in [0.3, 0.4) is 0 Å². The first-order valence-corrected chi connectivity index (χ1v) is 4.04. The van der Waals surface area contributed by atoms with Gasteiger partial charge in [-0.25, -0.2) is 8.42 Å². The normalized spacial score (nSPS) is 19.1. The van der Waals surface area contributed by atoms with Crippen LogP contribution in [0, 0.1) is 4.91 Å². The van der Waals surface area contributed by atoms with E-state index in [1.807, 2.05) is 0 Å². The van der Waals surface area contributed by atoms with Crippen molar-refractivity contribution in [1.82, 2.24) is 4.83 Å². The number of nitroso groups, excluding NO2 is 1. The van der Waals surface area contributed by atoms with E-state index in [0.717, 1.165) is 0 Å². The van der Waals surface area contributed by atoms with E-state index in [0.29, 0.717) is 12.8 Å². The van der Waals surface area contributed by atoms with Gasteiger partial charge in [0.15, 0.2) is 0 Å². The average Bonchev–Trinajstić information content (AvgIpc) is 2.41.